The van der Waals surface area contributed by atoms with Crippen LogP contribution in [0.2, 0.25) is 0 Å². The fraction of sp³-hybridized carbons (Fsp3) is 0. The molecule has 0 N–H and O–H groups in total. The molecule has 0 unspecified atom stereocenters. The molecule has 20 heavy (non-hydrogen) atoms. The first kappa shape index (κ1) is 11.2. The normalized spacial score (nSPS) is 11.0. The summed E-state index contributed by atoms with van der Waals surface area (Å²) < 4.78 is 0. The monoisotopic (exact) mass is 254 g/mol. The first-order chi connectivity index (χ1) is 9.90. The van der Waals surface area contributed by atoms with E-state index in [4.69, 9.17) is 4.98 Å². The Balaban J connectivity index is 1.97. The molecule has 0 amide bonds. The number of hydrogen-bond donors (Lipinski definition) is 0. The molecule has 0 saturated carbocycles. The summed E-state index contributed by atoms with van der Waals surface area (Å²) >= 11 is 0. The van der Waals surface area contributed by atoms with Crippen molar-refractivity contribution in [3.05, 3.63) is 78.9 Å². The molecule has 93 valence electrons. The molecule has 1 heteroatoms. The Morgan fingerprint density at radius 1 is 0.650 bits per heavy atom. The standard InChI is InChI=1S/C19H12N/c1-2-6-14(7-3-1)15-10-11-17-12-16-8-4-5-9-18(16)20-19(17)13-15/h2-13H. The molecule has 1 radical (unpaired) electrons. The van der Waals surface area contributed by atoms with Gasteiger partial charge in [0, 0.05) is 10.8 Å². The molecular weight excluding hydrogens is 242 g/mol. The van der Waals surface area contributed by atoms with E-state index < -0.39 is 0 Å². The second kappa shape index (κ2) is 4.46. The Morgan fingerprint density at radius 3 is 2.35 bits per heavy atom. The molecular formula is C19H12N. The van der Waals surface area contributed by atoms with E-state index >= 15 is 0 Å². The number of benzene rings is 3. The van der Waals surface area contributed by atoms with Crippen molar-refractivity contribution in [1.29, 1.82) is 0 Å². The second-order valence-electron chi connectivity index (χ2n) is 4.88. The van der Waals surface area contributed by atoms with E-state index in [1.807, 2.05) is 24.3 Å². The van der Waals surface area contributed by atoms with Crippen LogP contribution < -0.4 is 0 Å². The van der Waals surface area contributed by atoms with Gasteiger partial charge in [-0.2, -0.15) is 0 Å². The largest absolute Gasteiger partial charge is 0.248 e. The van der Waals surface area contributed by atoms with E-state index in [2.05, 4.69) is 54.6 Å². The summed E-state index contributed by atoms with van der Waals surface area (Å²) in [6.45, 7) is 0. The molecule has 3 aromatic carbocycles. The van der Waals surface area contributed by atoms with Crippen LogP contribution in [0.15, 0.2) is 72.8 Å². The van der Waals surface area contributed by atoms with E-state index in [1.54, 1.807) is 0 Å². The third-order valence-corrected chi connectivity index (χ3v) is 3.57. The fourth-order valence-electron chi connectivity index (χ4n) is 2.53. The van der Waals surface area contributed by atoms with Crippen molar-refractivity contribution in [3.63, 3.8) is 0 Å². The van der Waals surface area contributed by atoms with Gasteiger partial charge in [0.25, 0.3) is 0 Å². The van der Waals surface area contributed by atoms with E-state index in [9.17, 15) is 0 Å². The Kier molecular flexibility index (Phi) is 2.49. The molecule has 0 bridgehead atoms. The highest BCUT2D eigenvalue weighted by Crippen LogP contribution is 2.25. The van der Waals surface area contributed by atoms with Gasteiger partial charge in [-0.15, -0.1) is 0 Å². The van der Waals surface area contributed by atoms with Crippen LogP contribution in [0.4, 0.5) is 0 Å². The zero-order valence-electron chi connectivity index (χ0n) is 10.9. The summed E-state index contributed by atoms with van der Waals surface area (Å²) in [4.78, 5) is 4.76. The van der Waals surface area contributed by atoms with Gasteiger partial charge in [0.2, 0.25) is 0 Å². The van der Waals surface area contributed by atoms with Crippen molar-refractivity contribution in [2.45, 2.75) is 0 Å². The zero-order chi connectivity index (χ0) is 13.4. The van der Waals surface area contributed by atoms with E-state index in [0.717, 1.165) is 11.0 Å². The summed E-state index contributed by atoms with van der Waals surface area (Å²) in [6, 6.07) is 27.9. The topological polar surface area (TPSA) is 12.9 Å². The summed E-state index contributed by atoms with van der Waals surface area (Å²) in [5.41, 5.74) is 4.46. The molecule has 1 aromatic heterocycles. The predicted octanol–water partition coefficient (Wildman–Crippen LogP) is 4.86. The van der Waals surface area contributed by atoms with Gasteiger partial charge in [-0.3, -0.25) is 0 Å². The van der Waals surface area contributed by atoms with Gasteiger partial charge >= 0.3 is 0 Å². The lowest BCUT2D eigenvalue weighted by atomic mass is 10.0. The van der Waals surface area contributed by atoms with Gasteiger partial charge in [0.15, 0.2) is 0 Å². The van der Waals surface area contributed by atoms with Crippen LogP contribution in [0.1, 0.15) is 0 Å². The van der Waals surface area contributed by atoms with E-state index in [-0.39, 0.29) is 0 Å². The maximum atomic E-state index is 4.76. The second-order valence-corrected chi connectivity index (χ2v) is 4.88. The van der Waals surface area contributed by atoms with Gasteiger partial charge in [0.1, 0.15) is 0 Å². The molecule has 1 nitrogen and oxygen atoms in total. The van der Waals surface area contributed by atoms with Crippen LogP contribution in [0.25, 0.3) is 32.9 Å². The number of nitrogens with zero attached hydrogens (tertiary/aromatic N) is 1. The summed E-state index contributed by atoms with van der Waals surface area (Å²) in [7, 11) is 0. The molecule has 0 aliphatic rings. The molecule has 0 spiro atoms. The van der Waals surface area contributed by atoms with Gasteiger partial charge in [-0.1, -0.05) is 54.6 Å². The molecule has 0 atom stereocenters. The number of aromatic nitrogens is 1. The third-order valence-electron chi connectivity index (χ3n) is 3.57. The van der Waals surface area contributed by atoms with Crippen molar-refractivity contribution in [2.75, 3.05) is 0 Å². The minimum absolute atomic E-state index is 1.04. The minimum atomic E-state index is 1.04. The molecule has 0 aliphatic heterocycles. The van der Waals surface area contributed by atoms with Crippen LogP contribution in [-0.4, -0.2) is 4.98 Å². The SMILES string of the molecule is [c]1ccc(-c2ccc3cc4ccccc4nc3c2)cc1. The van der Waals surface area contributed by atoms with Gasteiger partial charge in [0.05, 0.1) is 11.0 Å². The summed E-state index contributed by atoms with van der Waals surface area (Å²) in [6.07, 6.45) is 0. The van der Waals surface area contributed by atoms with Crippen molar-refractivity contribution >= 4 is 21.8 Å². The number of fused-ring (bicyclic) bond motifs is 2. The third kappa shape index (κ3) is 1.84. The van der Waals surface area contributed by atoms with Crippen LogP contribution in [0.5, 0.6) is 0 Å². The Hall–Kier alpha value is -2.67. The van der Waals surface area contributed by atoms with Gasteiger partial charge in [-0.25, -0.2) is 4.98 Å². The minimum Gasteiger partial charge on any atom is -0.248 e. The van der Waals surface area contributed by atoms with Crippen molar-refractivity contribution in [2.24, 2.45) is 0 Å². The quantitative estimate of drug-likeness (QED) is 0.442. The Labute approximate surface area is 117 Å². The van der Waals surface area contributed by atoms with Crippen LogP contribution in [0.3, 0.4) is 0 Å². The first-order valence-electron chi connectivity index (χ1n) is 6.66. The van der Waals surface area contributed by atoms with Crippen molar-refractivity contribution in [3.8, 4) is 11.1 Å². The van der Waals surface area contributed by atoms with Crippen LogP contribution >= 0.6 is 0 Å². The smallest absolute Gasteiger partial charge is 0.0715 e. The molecule has 0 aliphatic carbocycles. The number of para-hydroxylation sites is 1. The molecule has 1 heterocycles. The summed E-state index contributed by atoms with van der Waals surface area (Å²) in [5, 5.41) is 2.36. The average Bonchev–Trinajstić information content (AvgIpc) is 2.53. The predicted molar refractivity (Wildman–Crippen MR) is 83.5 cm³/mol. The van der Waals surface area contributed by atoms with E-state index in [0.29, 0.717) is 0 Å². The zero-order valence-corrected chi connectivity index (χ0v) is 10.9. The van der Waals surface area contributed by atoms with E-state index in [1.165, 1.54) is 21.9 Å². The molecule has 0 fully saturated rings. The maximum Gasteiger partial charge on any atom is 0.0715 e. The average molecular weight is 254 g/mol. The number of hydrogen-bond acceptors (Lipinski definition) is 1. The number of rotatable bonds is 1. The Morgan fingerprint density at radius 2 is 1.45 bits per heavy atom. The maximum absolute atomic E-state index is 4.76. The van der Waals surface area contributed by atoms with Crippen LogP contribution in [0, 0.1) is 6.07 Å². The molecule has 0 saturated heterocycles. The lowest BCUT2D eigenvalue weighted by Crippen LogP contribution is -1.84. The highest BCUT2D eigenvalue weighted by atomic mass is 14.7. The van der Waals surface area contributed by atoms with Crippen LogP contribution in [-0.2, 0) is 0 Å². The first-order valence-corrected chi connectivity index (χ1v) is 6.66. The van der Waals surface area contributed by atoms with Crippen molar-refractivity contribution < 1.29 is 0 Å². The molecule has 4 rings (SSSR count). The van der Waals surface area contributed by atoms with Gasteiger partial charge < -0.3 is 0 Å². The molecule has 4 aromatic rings. The summed E-state index contributed by atoms with van der Waals surface area (Å²) in [5.74, 6) is 0. The lowest BCUT2D eigenvalue weighted by Gasteiger charge is -2.05. The highest BCUT2D eigenvalue weighted by Gasteiger charge is 2.02. The highest BCUT2D eigenvalue weighted by molar-refractivity contribution is 5.94. The number of pyridine rings is 1. The van der Waals surface area contributed by atoms with Gasteiger partial charge in [-0.05, 0) is 35.4 Å². The fourth-order valence-corrected chi connectivity index (χ4v) is 2.53. The Bertz CT molecular complexity index is 895. The van der Waals surface area contributed by atoms with Crippen molar-refractivity contribution in [1.82, 2.24) is 4.98 Å². The lowest BCUT2D eigenvalue weighted by molar-refractivity contribution is 1.49.